The number of benzene rings is 1. The number of hydrogen-bond donors (Lipinski definition) is 1. The van der Waals surface area contributed by atoms with E-state index in [-0.39, 0.29) is 18.1 Å². The van der Waals surface area contributed by atoms with Crippen molar-refractivity contribution in [2.75, 3.05) is 38.6 Å². The average molecular weight is 362 g/mol. The maximum absolute atomic E-state index is 12.1. The molecule has 0 saturated carbocycles. The van der Waals surface area contributed by atoms with E-state index >= 15 is 0 Å². The van der Waals surface area contributed by atoms with Gasteiger partial charge in [-0.05, 0) is 12.5 Å². The van der Waals surface area contributed by atoms with Crippen molar-refractivity contribution in [1.82, 2.24) is 9.03 Å². The van der Waals surface area contributed by atoms with Crippen LogP contribution in [0.1, 0.15) is 11.1 Å². The predicted octanol–water partition coefficient (Wildman–Crippen LogP) is 0.0764. The highest BCUT2D eigenvalue weighted by atomic mass is 32.2. The third kappa shape index (κ3) is 5.85. The molecule has 1 aliphatic heterocycles. The smallest absolute Gasteiger partial charge is 0.215 e. The second kappa shape index (κ2) is 7.71. The minimum atomic E-state index is -3.56. The second-order valence-corrected chi connectivity index (χ2v) is 9.36. The van der Waals surface area contributed by atoms with Crippen LogP contribution in [0.15, 0.2) is 24.3 Å². The fraction of sp³-hybridized carbons (Fsp3) is 0.571. The Bertz CT molecular complexity index is 708. The van der Waals surface area contributed by atoms with Crippen LogP contribution < -0.4 is 4.72 Å². The lowest BCUT2D eigenvalue weighted by atomic mass is 10.2. The van der Waals surface area contributed by atoms with Crippen molar-refractivity contribution in [2.24, 2.45) is 0 Å². The summed E-state index contributed by atoms with van der Waals surface area (Å²) in [6.07, 6.45) is 0. The van der Waals surface area contributed by atoms with Gasteiger partial charge in [0.15, 0.2) is 0 Å². The van der Waals surface area contributed by atoms with Gasteiger partial charge in [0.05, 0.1) is 24.7 Å². The molecule has 1 saturated heterocycles. The van der Waals surface area contributed by atoms with Gasteiger partial charge in [-0.3, -0.25) is 0 Å². The lowest BCUT2D eigenvalue weighted by molar-refractivity contribution is 0.0730. The van der Waals surface area contributed by atoms with Crippen LogP contribution in [-0.2, 0) is 30.5 Å². The summed E-state index contributed by atoms with van der Waals surface area (Å²) in [5.74, 6) is -0.412. The standard InChI is InChI=1S/C14H22N2O5S2/c1-13-2-4-14(5-3-13)12-22(17,18)15-6-11-23(19,20)16-7-9-21-10-8-16/h2-5,15H,6-12H2,1H3. The summed E-state index contributed by atoms with van der Waals surface area (Å²) in [6.45, 7) is 3.18. The minimum absolute atomic E-state index is 0.131. The van der Waals surface area contributed by atoms with Gasteiger partial charge in [-0.15, -0.1) is 0 Å². The number of sulfonamides is 2. The van der Waals surface area contributed by atoms with Gasteiger partial charge in [-0.1, -0.05) is 29.8 Å². The van der Waals surface area contributed by atoms with Gasteiger partial charge in [0.25, 0.3) is 0 Å². The van der Waals surface area contributed by atoms with Crippen LogP contribution in [0.25, 0.3) is 0 Å². The molecular weight excluding hydrogens is 340 g/mol. The largest absolute Gasteiger partial charge is 0.379 e. The van der Waals surface area contributed by atoms with E-state index in [1.807, 2.05) is 19.1 Å². The van der Waals surface area contributed by atoms with E-state index in [2.05, 4.69) is 4.72 Å². The lowest BCUT2D eigenvalue weighted by Crippen LogP contribution is -2.43. The lowest BCUT2D eigenvalue weighted by Gasteiger charge is -2.26. The molecule has 130 valence electrons. The van der Waals surface area contributed by atoms with E-state index in [1.54, 1.807) is 12.1 Å². The molecule has 1 aromatic carbocycles. The molecule has 2 rings (SSSR count). The number of aryl methyl sites for hydroxylation is 1. The molecule has 0 bridgehead atoms. The molecule has 0 amide bonds. The van der Waals surface area contributed by atoms with Gasteiger partial charge in [0.1, 0.15) is 0 Å². The second-order valence-electron chi connectivity index (χ2n) is 5.47. The van der Waals surface area contributed by atoms with Crippen LogP contribution >= 0.6 is 0 Å². The average Bonchev–Trinajstić information content (AvgIpc) is 2.50. The zero-order chi connectivity index (χ0) is 16.9. The number of morpholine rings is 1. The van der Waals surface area contributed by atoms with Crippen molar-refractivity contribution in [2.45, 2.75) is 12.7 Å². The Kier molecular flexibility index (Phi) is 6.15. The third-order valence-corrected chi connectivity index (χ3v) is 6.75. The van der Waals surface area contributed by atoms with E-state index in [0.717, 1.165) is 5.56 Å². The summed E-state index contributed by atoms with van der Waals surface area (Å²) in [7, 11) is -7.02. The molecule has 0 unspecified atom stereocenters. The van der Waals surface area contributed by atoms with Crippen LogP contribution in [-0.4, -0.2) is 59.7 Å². The molecule has 0 aliphatic carbocycles. The molecule has 1 N–H and O–H groups in total. The van der Waals surface area contributed by atoms with Gasteiger partial charge in [-0.2, -0.15) is 4.31 Å². The van der Waals surface area contributed by atoms with Gasteiger partial charge in [0.2, 0.25) is 20.0 Å². The Balaban J connectivity index is 1.85. The molecule has 1 aliphatic rings. The molecule has 1 heterocycles. The Labute approximate surface area is 137 Å². The zero-order valence-corrected chi connectivity index (χ0v) is 14.7. The molecular formula is C14H22N2O5S2. The monoisotopic (exact) mass is 362 g/mol. The molecule has 0 radical (unpaired) electrons. The third-order valence-electron chi connectivity index (χ3n) is 3.52. The van der Waals surface area contributed by atoms with Crippen molar-refractivity contribution < 1.29 is 21.6 Å². The zero-order valence-electron chi connectivity index (χ0n) is 13.1. The Hall–Kier alpha value is -1.00. The molecule has 0 spiro atoms. The maximum Gasteiger partial charge on any atom is 0.215 e. The molecule has 23 heavy (non-hydrogen) atoms. The Morgan fingerprint density at radius 1 is 1.09 bits per heavy atom. The molecule has 1 fully saturated rings. The highest BCUT2D eigenvalue weighted by Gasteiger charge is 2.24. The van der Waals surface area contributed by atoms with Crippen LogP contribution in [0.3, 0.4) is 0 Å². The normalized spacial score (nSPS) is 17.3. The van der Waals surface area contributed by atoms with Gasteiger partial charge in [-0.25, -0.2) is 21.6 Å². The van der Waals surface area contributed by atoms with Crippen molar-refractivity contribution in [1.29, 1.82) is 0 Å². The minimum Gasteiger partial charge on any atom is -0.379 e. The topological polar surface area (TPSA) is 92.8 Å². The van der Waals surface area contributed by atoms with Crippen LogP contribution in [0, 0.1) is 6.92 Å². The first kappa shape index (κ1) is 18.3. The highest BCUT2D eigenvalue weighted by Crippen LogP contribution is 2.08. The number of ether oxygens (including phenoxy) is 1. The van der Waals surface area contributed by atoms with Gasteiger partial charge >= 0.3 is 0 Å². The number of hydrogen-bond acceptors (Lipinski definition) is 5. The van der Waals surface area contributed by atoms with Gasteiger partial charge < -0.3 is 4.74 Å². The predicted molar refractivity (Wildman–Crippen MR) is 88.0 cm³/mol. The SMILES string of the molecule is Cc1ccc(CS(=O)(=O)NCCS(=O)(=O)N2CCOCC2)cc1. The van der Waals surface area contributed by atoms with E-state index in [1.165, 1.54) is 4.31 Å². The van der Waals surface area contributed by atoms with Crippen LogP contribution in [0.5, 0.6) is 0 Å². The maximum atomic E-state index is 12.1. The van der Waals surface area contributed by atoms with E-state index in [0.29, 0.717) is 31.9 Å². The summed E-state index contributed by atoms with van der Waals surface area (Å²) < 4.78 is 57.0. The van der Waals surface area contributed by atoms with Crippen LogP contribution in [0.4, 0.5) is 0 Å². The summed E-state index contributed by atoms with van der Waals surface area (Å²) in [4.78, 5) is 0. The quantitative estimate of drug-likeness (QED) is 0.741. The highest BCUT2D eigenvalue weighted by molar-refractivity contribution is 7.89. The van der Waals surface area contributed by atoms with Crippen molar-refractivity contribution in [3.05, 3.63) is 35.4 Å². The summed E-state index contributed by atoms with van der Waals surface area (Å²) >= 11 is 0. The fourth-order valence-electron chi connectivity index (χ4n) is 2.23. The Morgan fingerprint density at radius 3 is 2.30 bits per heavy atom. The Morgan fingerprint density at radius 2 is 1.70 bits per heavy atom. The van der Waals surface area contributed by atoms with E-state index < -0.39 is 20.0 Å². The first-order valence-electron chi connectivity index (χ1n) is 7.37. The summed E-state index contributed by atoms with van der Waals surface area (Å²) in [5, 5.41) is 0. The number of rotatable bonds is 7. The fourth-order valence-corrected chi connectivity index (χ4v) is 4.83. The first-order chi connectivity index (χ1) is 10.8. The van der Waals surface area contributed by atoms with Gasteiger partial charge in [0, 0.05) is 19.6 Å². The van der Waals surface area contributed by atoms with E-state index in [4.69, 9.17) is 4.74 Å². The van der Waals surface area contributed by atoms with Crippen molar-refractivity contribution >= 4 is 20.0 Å². The van der Waals surface area contributed by atoms with E-state index in [9.17, 15) is 16.8 Å². The molecule has 0 atom stereocenters. The first-order valence-corrected chi connectivity index (χ1v) is 10.6. The van der Waals surface area contributed by atoms with Crippen molar-refractivity contribution in [3.63, 3.8) is 0 Å². The van der Waals surface area contributed by atoms with Crippen LogP contribution in [0.2, 0.25) is 0 Å². The summed E-state index contributed by atoms with van der Waals surface area (Å²) in [6, 6.07) is 7.18. The summed E-state index contributed by atoms with van der Waals surface area (Å²) in [5.41, 5.74) is 1.72. The molecule has 0 aromatic heterocycles. The van der Waals surface area contributed by atoms with Crippen molar-refractivity contribution in [3.8, 4) is 0 Å². The molecule has 9 heteroatoms. The number of nitrogens with zero attached hydrogens (tertiary/aromatic N) is 1. The molecule has 1 aromatic rings. The molecule has 7 nitrogen and oxygen atoms in total. The number of nitrogens with one attached hydrogen (secondary N) is 1.